The highest BCUT2D eigenvalue weighted by Crippen LogP contribution is 2.20. The first-order chi connectivity index (χ1) is 13.5. The van der Waals surface area contributed by atoms with Crippen LogP contribution in [0.3, 0.4) is 0 Å². The van der Waals surface area contributed by atoms with Gasteiger partial charge < -0.3 is 20.5 Å². The molecule has 2 rings (SSSR count). The minimum absolute atomic E-state index is 0.0769. The predicted molar refractivity (Wildman–Crippen MR) is 111 cm³/mol. The molecule has 0 aliphatic rings. The van der Waals surface area contributed by atoms with Crippen molar-refractivity contribution >= 4 is 5.96 Å². The molecule has 0 spiro atoms. The quantitative estimate of drug-likeness (QED) is 0.456. The Morgan fingerprint density at radius 1 is 1.14 bits per heavy atom. The van der Waals surface area contributed by atoms with E-state index in [9.17, 15) is 9.50 Å². The van der Waals surface area contributed by atoms with Crippen LogP contribution in [0.2, 0.25) is 0 Å². The molecule has 2 aromatic carbocycles. The summed E-state index contributed by atoms with van der Waals surface area (Å²) in [5.41, 5.74) is 1.68. The molecule has 0 aliphatic heterocycles. The van der Waals surface area contributed by atoms with E-state index in [1.54, 1.807) is 6.07 Å². The Morgan fingerprint density at radius 2 is 1.93 bits per heavy atom. The zero-order chi connectivity index (χ0) is 20.4. The number of nitrogens with one attached hydrogen (secondary N) is 2. The van der Waals surface area contributed by atoms with Gasteiger partial charge in [-0.3, -0.25) is 4.99 Å². The van der Waals surface area contributed by atoms with Gasteiger partial charge in [0.2, 0.25) is 0 Å². The van der Waals surface area contributed by atoms with Gasteiger partial charge in [0, 0.05) is 13.1 Å². The lowest BCUT2D eigenvalue weighted by molar-refractivity contribution is 0.185. The second-order valence-electron chi connectivity index (χ2n) is 6.78. The Labute approximate surface area is 166 Å². The third-order valence-corrected chi connectivity index (χ3v) is 3.98. The smallest absolute Gasteiger partial charge is 0.191 e. The minimum atomic E-state index is -0.727. The largest absolute Gasteiger partial charge is 0.491 e. The van der Waals surface area contributed by atoms with E-state index in [2.05, 4.69) is 15.6 Å². The monoisotopic (exact) mass is 387 g/mol. The number of aliphatic hydroxyl groups is 1. The molecule has 5 nitrogen and oxygen atoms in total. The Kier molecular flexibility index (Phi) is 8.75. The fourth-order valence-corrected chi connectivity index (χ4v) is 2.71. The average molecular weight is 387 g/mol. The third kappa shape index (κ3) is 7.56. The maximum atomic E-state index is 13.2. The molecule has 0 aliphatic carbocycles. The van der Waals surface area contributed by atoms with E-state index in [-0.39, 0.29) is 18.5 Å². The van der Waals surface area contributed by atoms with Crippen LogP contribution in [0.5, 0.6) is 5.75 Å². The van der Waals surface area contributed by atoms with E-state index in [0.29, 0.717) is 25.5 Å². The molecule has 0 amide bonds. The molecule has 0 saturated carbocycles. The number of benzene rings is 2. The second-order valence-corrected chi connectivity index (χ2v) is 6.78. The summed E-state index contributed by atoms with van der Waals surface area (Å²) < 4.78 is 18.9. The van der Waals surface area contributed by atoms with Crippen LogP contribution in [0.4, 0.5) is 4.39 Å². The molecule has 28 heavy (non-hydrogen) atoms. The van der Waals surface area contributed by atoms with E-state index in [4.69, 9.17) is 4.74 Å². The van der Waals surface area contributed by atoms with Crippen LogP contribution >= 0.6 is 0 Å². The summed E-state index contributed by atoms with van der Waals surface area (Å²) in [7, 11) is 0. The van der Waals surface area contributed by atoms with Crippen LogP contribution in [0.1, 0.15) is 38.0 Å². The summed E-state index contributed by atoms with van der Waals surface area (Å²) in [6.45, 7) is 7.45. The average Bonchev–Trinajstić information content (AvgIpc) is 2.65. The molecule has 0 aromatic heterocycles. The van der Waals surface area contributed by atoms with Crippen LogP contribution in [-0.4, -0.2) is 36.8 Å². The van der Waals surface area contributed by atoms with Crippen molar-refractivity contribution in [3.8, 4) is 5.75 Å². The molecule has 6 heteroatoms. The second kappa shape index (κ2) is 11.3. The molecule has 0 radical (unpaired) electrons. The van der Waals surface area contributed by atoms with E-state index >= 15 is 0 Å². The van der Waals surface area contributed by atoms with Crippen molar-refractivity contribution in [2.24, 2.45) is 4.99 Å². The molecule has 3 N–H and O–H groups in total. The van der Waals surface area contributed by atoms with Crippen molar-refractivity contribution in [3.63, 3.8) is 0 Å². The molecule has 0 saturated heterocycles. The number of aliphatic hydroxyl groups excluding tert-OH is 1. The first-order valence-electron chi connectivity index (χ1n) is 9.69. The van der Waals surface area contributed by atoms with Crippen LogP contribution in [-0.2, 0) is 6.42 Å². The molecule has 1 atom stereocenters. The third-order valence-electron chi connectivity index (χ3n) is 3.98. The Morgan fingerprint density at radius 3 is 2.64 bits per heavy atom. The summed E-state index contributed by atoms with van der Waals surface area (Å²) in [5, 5.41) is 16.8. The number of hydrogen-bond donors (Lipinski definition) is 3. The lowest BCUT2D eigenvalue weighted by Gasteiger charge is -2.15. The first kappa shape index (κ1) is 21.7. The molecule has 0 fully saturated rings. The summed E-state index contributed by atoms with van der Waals surface area (Å²) in [6, 6.07) is 14.0. The number of halogens is 1. The topological polar surface area (TPSA) is 65.9 Å². The number of hydrogen-bond acceptors (Lipinski definition) is 3. The van der Waals surface area contributed by atoms with Crippen molar-refractivity contribution in [2.75, 3.05) is 19.6 Å². The normalized spacial score (nSPS) is 12.7. The Hall–Kier alpha value is -2.60. The standard InChI is InChI=1S/C22H30FN3O2/c1-4-24-22(25-12-11-17-7-5-9-19(23)13-17)26-15-21(27)18-8-6-10-20(14-18)28-16(2)3/h5-10,13-14,16,21,27H,4,11-12,15H2,1-3H3,(H2,24,25,26). The van der Waals surface area contributed by atoms with Crippen LogP contribution in [0.25, 0.3) is 0 Å². The SMILES string of the molecule is CCNC(=NCC(O)c1cccc(OC(C)C)c1)NCCc1cccc(F)c1. The molecular weight excluding hydrogens is 357 g/mol. The predicted octanol–water partition coefficient (Wildman–Crippen LogP) is 3.44. The van der Waals surface area contributed by atoms with Gasteiger partial charge in [0.15, 0.2) is 5.96 Å². The summed E-state index contributed by atoms with van der Waals surface area (Å²) in [6.07, 6.45) is 0.0294. The van der Waals surface area contributed by atoms with Gasteiger partial charge in [-0.1, -0.05) is 24.3 Å². The zero-order valence-corrected chi connectivity index (χ0v) is 16.8. The summed E-state index contributed by atoms with van der Waals surface area (Å²) in [5.74, 6) is 1.12. The maximum Gasteiger partial charge on any atom is 0.191 e. The maximum absolute atomic E-state index is 13.2. The highest BCUT2D eigenvalue weighted by Gasteiger charge is 2.09. The minimum Gasteiger partial charge on any atom is -0.491 e. The fraction of sp³-hybridized carbons (Fsp3) is 0.409. The van der Waals surface area contributed by atoms with E-state index < -0.39 is 6.10 Å². The molecule has 1 unspecified atom stereocenters. The van der Waals surface area contributed by atoms with Crippen molar-refractivity contribution in [3.05, 3.63) is 65.5 Å². The summed E-state index contributed by atoms with van der Waals surface area (Å²) in [4.78, 5) is 4.46. The van der Waals surface area contributed by atoms with E-state index in [0.717, 1.165) is 16.9 Å². The van der Waals surface area contributed by atoms with Crippen molar-refractivity contribution in [1.29, 1.82) is 0 Å². The van der Waals surface area contributed by atoms with Gasteiger partial charge in [-0.25, -0.2) is 4.39 Å². The fourth-order valence-electron chi connectivity index (χ4n) is 2.71. The summed E-state index contributed by atoms with van der Waals surface area (Å²) >= 11 is 0. The lowest BCUT2D eigenvalue weighted by atomic mass is 10.1. The number of ether oxygens (including phenoxy) is 1. The molecule has 2 aromatic rings. The van der Waals surface area contributed by atoms with E-state index in [1.807, 2.05) is 51.1 Å². The van der Waals surface area contributed by atoms with Crippen LogP contribution < -0.4 is 15.4 Å². The molecule has 152 valence electrons. The highest BCUT2D eigenvalue weighted by molar-refractivity contribution is 5.79. The Bertz CT molecular complexity index is 765. The van der Waals surface area contributed by atoms with Gasteiger partial charge in [0.25, 0.3) is 0 Å². The number of rotatable bonds is 9. The van der Waals surface area contributed by atoms with Gasteiger partial charge in [-0.2, -0.15) is 0 Å². The van der Waals surface area contributed by atoms with Gasteiger partial charge in [0.1, 0.15) is 11.6 Å². The van der Waals surface area contributed by atoms with E-state index in [1.165, 1.54) is 12.1 Å². The number of aliphatic imine (C=N–C) groups is 1. The van der Waals surface area contributed by atoms with Crippen molar-refractivity contribution in [1.82, 2.24) is 10.6 Å². The molecule has 0 bridgehead atoms. The van der Waals surface area contributed by atoms with Crippen LogP contribution in [0, 0.1) is 5.82 Å². The first-order valence-corrected chi connectivity index (χ1v) is 9.69. The lowest BCUT2D eigenvalue weighted by Crippen LogP contribution is -2.38. The van der Waals surface area contributed by atoms with Gasteiger partial charge in [0.05, 0.1) is 18.8 Å². The highest BCUT2D eigenvalue weighted by atomic mass is 19.1. The Balaban J connectivity index is 1.91. The van der Waals surface area contributed by atoms with Crippen molar-refractivity contribution < 1.29 is 14.2 Å². The number of guanidine groups is 1. The number of nitrogens with zero attached hydrogens (tertiary/aromatic N) is 1. The zero-order valence-electron chi connectivity index (χ0n) is 16.8. The van der Waals surface area contributed by atoms with Gasteiger partial charge in [-0.05, 0) is 62.6 Å². The molecule has 0 heterocycles. The van der Waals surface area contributed by atoms with Gasteiger partial charge >= 0.3 is 0 Å². The van der Waals surface area contributed by atoms with Crippen LogP contribution in [0.15, 0.2) is 53.5 Å². The van der Waals surface area contributed by atoms with Crippen molar-refractivity contribution in [2.45, 2.75) is 39.4 Å². The molecular formula is C22H30FN3O2. The van der Waals surface area contributed by atoms with Gasteiger partial charge in [-0.15, -0.1) is 0 Å².